The molecule has 0 aliphatic carbocycles. The van der Waals surface area contributed by atoms with Crippen LogP contribution in [0.25, 0.3) is 0 Å². The SMILES string of the molecule is COC(=O)c1cccc(OCC(=O)Nc2c(Cl)cc(Cl)cc2Cl)c1. The second-order valence-electron chi connectivity index (χ2n) is 4.60. The van der Waals surface area contributed by atoms with Crippen molar-refractivity contribution in [1.82, 2.24) is 0 Å². The zero-order valence-electron chi connectivity index (χ0n) is 12.4. The Morgan fingerprint density at radius 3 is 2.38 bits per heavy atom. The van der Waals surface area contributed by atoms with Crippen LogP contribution in [0.2, 0.25) is 15.1 Å². The number of halogens is 3. The van der Waals surface area contributed by atoms with Crippen molar-refractivity contribution >= 4 is 52.4 Å². The minimum atomic E-state index is -0.496. The van der Waals surface area contributed by atoms with E-state index in [1.54, 1.807) is 18.2 Å². The molecule has 0 bridgehead atoms. The van der Waals surface area contributed by atoms with Crippen LogP contribution in [0.5, 0.6) is 5.75 Å². The van der Waals surface area contributed by atoms with Crippen LogP contribution in [0.3, 0.4) is 0 Å². The Morgan fingerprint density at radius 1 is 1.08 bits per heavy atom. The van der Waals surface area contributed by atoms with E-state index in [2.05, 4.69) is 10.1 Å². The molecule has 0 radical (unpaired) electrons. The fourth-order valence-corrected chi connectivity index (χ4v) is 2.73. The topological polar surface area (TPSA) is 64.6 Å². The van der Waals surface area contributed by atoms with Gasteiger partial charge in [-0.15, -0.1) is 0 Å². The number of esters is 1. The van der Waals surface area contributed by atoms with Crippen molar-refractivity contribution in [3.05, 3.63) is 57.0 Å². The average molecular weight is 389 g/mol. The average Bonchev–Trinajstić information content (AvgIpc) is 2.55. The molecule has 0 aliphatic heterocycles. The Hall–Kier alpha value is -1.95. The summed E-state index contributed by atoms with van der Waals surface area (Å²) in [6.07, 6.45) is 0. The minimum Gasteiger partial charge on any atom is -0.484 e. The first-order chi connectivity index (χ1) is 11.4. The van der Waals surface area contributed by atoms with Gasteiger partial charge < -0.3 is 14.8 Å². The van der Waals surface area contributed by atoms with Gasteiger partial charge in [0.25, 0.3) is 5.91 Å². The summed E-state index contributed by atoms with van der Waals surface area (Å²) < 4.78 is 9.96. The zero-order chi connectivity index (χ0) is 17.7. The fraction of sp³-hybridized carbons (Fsp3) is 0.125. The summed E-state index contributed by atoms with van der Waals surface area (Å²) in [5.41, 5.74) is 0.568. The van der Waals surface area contributed by atoms with E-state index in [-0.39, 0.29) is 22.3 Å². The van der Waals surface area contributed by atoms with Crippen LogP contribution in [0.1, 0.15) is 10.4 Å². The van der Waals surface area contributed by atoms with Crippen molar-refractivity contribution in [1.29, 1.82) is 0 Å². The van der Waals surface area contributed by atoms with Gasteiger partial charge in [-0.1, -0.05) is 40.9 Å². The molecule has 0 unspecified atom stereocenters. The number of hydrogen-bond donors (Lipinski definition) is 1. The Labute approximate surface area is 153 Å². The van der Waals surface area contributed by atoms with Crippen LogP contribution in [-0.2, 0) is 9.53 Å². The smallest absolute Gasteiger partial charge is 0.337 e. The zero-order valence-corrected chi connectivity index (χ0v) is 14.7. The lowest BCUT2D eigenvalue weighted by atomic mass is 10.2. The van der Waals surface area contributed by atoms with E-state index in [0.29, 0.717) is 16.3 Å². The molecule has 5 nitrogen and oxygen atoms in total. The number of ether oxygens (including phenoxy) is 2. The molecule has 2 aromatic rings. The minimum absolute atomic E-state index is 0.216. The highest BCUT2D eigenvalue weighted by molar-refractivity contribution is 6.42. The first kappa shape index (κ1) is 18.4. The van der Waals surface area contributed by atoms with E-state index in [0.717, 1.165) is 0 Å². The van der Waals surface area contributed by atoms with Crippen LogP contribution >= 0.6 is 34.8 Å². The molecule has 0 aromatic heterocycles. The number of carbonyl (C=O) groups excluding carboxylic acids is 2. The molecule has 0 atom stereocenters. The number of carbonyl (C=O) groups is 2. The lowest BCUT2D eigenvalue weighted by Gasteiger charge is -2.11. The highest BCUT2D eigenvalue weighted by Gasteiger charge is 2.12. The largest absolute Gasteiger partial charge is 0.484 e. The summed E-state index contributed by atoms with van der Waals surface area (Å²) >= 11 is 17.8. The normalized spacial score (nSPS) is 10.2. The van der Waals surface area contributed by atoms with Gasteiger partial charge >= 0.3 is 5.97 Å². The van der Waals surface area contributed by atoms with Crippen molar-refractivity contribution in [3.63, 3.8) is 0 Å². The lowest BCUT2D eigenvalue weighted by molar-refractivity contribution is -0.118. The predicted molar refractivity (Wildman–Crippen MR) is 93.4 cm³/mol. The quantitative estimate of drug-likeness (QED) is 0.769. The third-order valence-electron chi connectivity index (χ3n) is 2.90. The van der Waals surface area contributed by atoms with Gasteiger partial charge in [-0.05, 0) is 30.3 Å². The van der Waals surface area contributed by atoms with Gasteiger partial charge in [0, 0.05) is 5.02 Å². The summed E-state index contributed by atoms with van der Waals surface area (Å²) in [6, 6.07) is 9.21. The molecule has 1 amide bonds. The maximum Gasteiger partial charge on any atom is 0.337 e. The second kappa shape index (κ2) is 8.24. The summed E-state index contributed by atoms with van der Waals surface area (Å²) in [4.78, 5) is 23.4. The Bertz CT molecular complexity index is 757. The molecule has 1 N–H and O–H groups in total. The van der Waals surface area contributed by atoms with Gasteiger partial charge in [-0.2, -0.15) is 0 Å². The van der Waals surface area contributed by atoms with E-state index in [1.807, 2.05) is 0 Å². The summed E-state index contributed by atoms with van der Waals surface area (Å²) in [7, 11) is 1.28. The van der Waals surface area contributed by atoms with Crippen molar-refractivity contribution < 1.29 is 19.1 Å². The van der Waals surface area contributed by atoms with E-state index >= 15 is 0 Å². The van der Waals surface area contributed by atoms with Crippen LogP contribution in [-0.4, -0.2) is 25.6 Å². The molecule has 0 heterocycles. The highest BCUT2D eigenvalue weighted by atomic mass is 35.5. The number of anilines is 1. The molecule has 2 aromatic carbocycles. The number of hydrogen-bond acceptors (Lipinski definition) is 4. The molecule has 8 heteroatoms. The van der Waals surface area contributed by atoms with Gasteiger partial charge in [-0.3, -0.25) is 4.79 Å². The number of rotatable bonds is 5. The first-order valence-corrected chi connectivity index (χ1v) is 7.79. The summed E-state index contributed by atoms with van der Waals surface area (Å²) in [5, 5.41) is 3.34. The van der Waals surface area contributed by atoms with E-state index in [4.69, 9.17) is 39.5 Å². The number of methoxy groups -OCH3 is 1. The Morgan fingerprint density at radius 2 is 1.75 bits per heavy atom. The first-order valence-electron chi connectivity index (χ1n) is 6.66. The summed E-state index contributed by atoms with van der Waals surface area (Å²) in [5.74, 6) is -0.615. The third-order valence-corrected chi connectivity index (χ3v) is 3.71. The van der Waals surface area contributed by atoms with Crippen molar-refractivity contribution in [2.24, 2.45) is 0 Å². The predicted octanol–water partition coefficient (Wildman–Crippen LogP) is 4.45. The van der Waals surface area contributed by atoms with Gasteiger partial charge in [0.15, 0.2) is 6.61 Å². The van der Waals surface area contributed by atoms with Crippen molar-refractivity contribution in [2.45, 2.75) is 0 Å². The molecular formula is C16H12Cl3NO4. The van der Waals surface area contributed by atoms with Crippen LogP contribution < -0.4 is 10.1 Å². The van der Waals surface area contributed by atoms with Gasteiger partial charge in [0.2, 0.25) is 0 Å². The van der Waals surface area contributed by atoms with E-state index < -0.39 is 11.9 Å². The van der Waals surface area contributed by atoms with Gasteiger partial charge in [0.1, 0.15) is 5.75 Å². The monoisotopic (exact) mass is 387 g/mol. The second-order valence-corrected chi connectivity index (χ2v) is 5.85. The van der Waals surface area contributed by atoms with E-state index in [9.17, 15) is 9.59 Å². The molecule has 2 rings (SSSR count). The maximum atomic E-state index is 12.0. The highest BCUT2D eigenvalue weighted by Crippen LogP contribution is 2.33. The van der Waals surface area contributed by atoms with Gasteiger partial charge in [-0.25, -0.2) is 4.79 Å². The van der Waals surface area contributed by atoms with Crippen LogP contribution in [0.15, 0.2) is 36.4 Å². The van der Waals surface area contributed by atoms with Crippen LogP contribution in [0, 0.1) is 0 Å². The lowest BCUT2D eigenvalue weighted by Crippen LogP contribution is -2.20. The number of nitrogens with one attached hydrogen (secondary N) is 1. The van der Waals surface area contributed by atoms with Crippen LogP contribution in [0.4, 0.5) is 5.69 Å². The maximum absolute atomic E-state index is 12.0. The molecule has 0 fully saturated rings. The van der Waals surface area contributed by atoms with Crippen molar-refractivity contribution in [2.75, 3.05) is 19.0 Å². The molecule has 126 valence electrons. The van der Waals surface area contributed by atoms with Crippen molar-refractivity contribution in [3.8, 4) is 5.75 Å². The third kappa shape index (κ3) is 4.77. The number of amides is 1. The molecule has 0 saturated carbocycles. The molecule has 24 heavy (non-hydrogen) atoms. The number of benzene rings is 2. The molecule has 0 spiro atoms. The molecule has 0 aliphatic rings. The fourth-order valence-electron chi connectivity index (χ4n) is 1.82. The molecular weight excluding hydrogens is 377 g/mol. The van der Waals surface area contributed by atoms with Gasteiger partial charge in [0.05, 0.1) is 28.4 Å². The standard InChI is InChI=1S/C16H12Cl3NO4/c1-23-16(22)9-3-2-4-11(5-9)24-8-14(21)20-15-12(18)6-10(17)7-13(15)19/h2-7H,8H2,1H3,(H,20,21). The Kier molecular flexibility index (Phi) is 6.31. The molecule has 0 saturated heterocycles. The Balaban J connectivity index is 2.00. The van der Waals surface area contributed by atoms with E-state index in [1.165, 1.54) is 25.3 Å². The summed E-state index contributed by atoms with van der Waals surface area (Å²) in [6.45, 7) is -0.292.